The number of halogens is 1. The zero-order chi connectivity index (χ0) is 20.5. The molecule has 1 heterocycles. The SMILES string of the molecule is COc1cc(B2OC(C)(C)C(C)(C)O2)c(F)cc1CNC(=O)c1ccccc1. The summed E-state index contributed by atoms with van der Waals surface area (Å²) in [6.45, 7) is 7.79. The van der Waals surface area contributed by atoms with Crippen molar-refractivity contribution in [3.8, 4) is 5.75 Å². The van der Waals surface area contributed by atoms with Gasteiger partial charge in [0.1, 0.15) is 11.6 Å². The van der Waals surface area contributed by atoms with E-state index < -0.39 is 24.1 Å². The molecule has 1 aliphatic heterocycles. The molecule has 1 N–H and O–H groups in total. The van der Waals surface area contributed by atoms with E-state index in [9.17, 15) is 9.18 Å². The molecule has 2 aromatic carbocycles. The first-order chi connectivity index (χ1) is 13.1. The molecule has 0 aliphatic carbocycles. The number of ether oxygens (including phenoxy) is 1. The van der Waals surface area contributed by atoms with Crippen LogP contribution >= 0.6 is 0 Å². The minimum atomic E-state index is -0.827. The highest BCUT2D eigenvalue weighted by Crippen LogP contribution is 2.37. The third kappa shape index (κ3) is 3.91. The van der Waals surface area contributed by atoms with Crippen molar-refractivity contribution < 1.29 is 23.2 Å². The quantitative estimate of drug-likeness (QED) is 0.804. The van der Waals surface area contributed by atoms with Gasteiger partial charge in [-0.2, -0.15) is 0 Å². The van der Waals surface area contributed by atoms with Crippen molar-refractivity contribution >= 4 is 18.5 Å². The van der Waals surface area contributed by atoms with Gasteiger partial charge in [-0.05, 0) is 52.0 Å². The van der Waals surface area contributed by atoms with Gasteiger partial charge in [0.05, 0.1) is 18.3 Å². The minimum absolute atomic E-state index is 0.136. The van der Waals surface area contributed by atoms with E-state index in [0.717, 1.165) is 0 Å². The van der Waals surface area contributed by atoms with Crippen LogP contribution in [0.5, 0.6) is 5.75 Å². The first kappa shape index (κ1) is 20.4. The highest BCUT2D eigenvalue weighted by atomic mass is 19.1. The molecule has 2 aromatic rings. The predicted octanol–water partition coefficient (Wildman–Crippen LogP) is 3.06. The minimum Gasteiger partial charge on any atom is -0.496 e. The van der Waals surface area contributed by atoms with Crippen LogP contribution in [0.2, 0.25) is 0 Å². The van der Waals surface area contributed by atoms with Crippen molar-refractivity contribution in [2.45, 2.75) is 45.4 Å². The Kier molecular flexibility index (Phi) is 5.50. The Morgan fingerprint density at radius 2 is 1.71 bits per heavy atom. The molecule has 1 aliphatic rings. The Bertz CT molecular complexity index is 854. The molecule has 3 rings (SSSR count). The summed E-state index contributed by atoms with van der Waals surface area (Å²) >= 11 is 0. The van der Waals surface area contributed by atoms with E-state index in [4.69, 9.17) is 14.0 Å². The molecule has 0 radical (unpaired) electrons. The molecule has 0 spiro atoms. The molecule has 7 heteroatoms. The highest BCUT2D eigenvalue weighted by molar-refractivity contribution is 6.62. The normalized spacial score (nSPS) is 17.4. The Hall–Kier alpha value is -2.38. The van der Waals surface area contributed by atoms with Crippen LogP contribution in [0.4, 0.5) is 4.39 Å². The molecule has 0 aromatic heterocycles. The lowest BCUT2D eigenvalue weighted by molar-refractivity contribution is 0.00578. The summed E-state index contributed by atoms with van der Waals surface area (Å²) in [5.41, 5.74) is 0.202. The monoisotopic (exact) mass is 385 g/mol. The molecular weight excluding hydrogens is 360 g/mol. The second kappa shape index (κ2) is 7.56. The number of carbonyl (C=O) groups is 1. The van der Waals surface area contributed by atoms with E-state index in [2.05, 4.69) is 5.32 Å². The highest BCUT2D eigenvalue weighted by Gasteiger charge is 2.52. The third-order valence-electron chi connectivity index (χ3n) is 5.38. The number of nitrogens with one attached hydrogen (secondary N) is 1. The molecule has 0 unspecified atom stereocenters. The zero-order valence-electron chi connectivity index (χ0n) is 16.8. The van der Waals surface area contributed by atoms with Gasteiger partial charge >= 0.3 is 7.12 Å². The van der Waals surface area contributed by atoms with Gasteiger partial charge in [-0.3, -0.25) is 4.79 Å². The van der Waals surface area contributed by atoms with Gasteiger partial charge < -0.3 is 19.4 Å². The zero-order valence-corrected chi connectivity index (χ0v) is 16.8. The summed E-state index contributed by atoms with van der Waals surface area (Å²) in [6, 6.07) is 11.8. The fourth-order valence-electron chi connectivity index (χ4n) is 2.96. The van der Waals surface area contributed by atoms with E-state index >= 15 is 0 Å². The maximum absolute atomic E-state index is 14.8. The first-order valence-corrected chi connectivity index (χ1v) is 9.20. The lowest BCUT2D eigenvalue weighted by Crippen LogP contribution is -2.41. The van der Waals surface area contributed by atoms with Crippen LogP contribution in [0.1, 0.15) is 43.6 Å². The summed E-state index contributed by atoms with van der Waals surface area (Å²) in [5.74, 6) is -0.249. The van der Waals surface area contributed by atoms with Crippen molar-refractivity contribution in [2.75, 3.05) is 7.11 Å². The maximum atomic E-state index is 14.8. The number of benzene rings is 2. The van der Waals surface area contributed by atoms with Crippen LogP contribution in [0.15, 0.2) is 42.5 Å². The van der Waals surface area contributed by atoms with Crippen molar-refractivity contribution in [1.29, 1.82) is 0 Å². The largest absolute Gasteiger partial charge is 0.497 e. The number of amides is 1. The second-order valence-electron chi connectivity index (χ2n) is 7.82. The predicted molar refractivity (Wildman–Crippen MR) is 106 cm³/mol. The van der Waals surface area contributed by atoms with Crippen LogP contribution in [0.25, 0.3) is 0 Å². The van der Waals surface area contributed by atoms with Crippen molar-refractivity contribution in [1.82, 2.24) is 5.32 Å². The topological polar surface area (TPSA) is 56.8 Å². The Morgan fingerprint density at radius 3 is 2.29 bits per heavy atom. The molecular formula is C21H25BFNO4. The van der Waals surface area contributed by atoms with E-state index in [1.807, 2.05) is 33.8 Å². The summed E-state index contributed by atoms with van der Waals surface area (Å²) in [4.78, 5) is 12.2. The van der Waals surface area contributed by atoms with Crippen molar-refractivity contribution in [3.63, 3.8) is 0 Å². The van der Waals surface area contributed by atoms with Gasteiger partial charge in [-0.1, -0.05) is 18.2 Å². The molecule has 148 valence electrons. The number of carbonyl (C=O) groups excluding carboxylic acids is 1. The number of rotatable bonds is 5. The average molecular weight is 385 g/mol. The molecule has 0 bridgehead atoms. The lowest BCUT2D eigenvalue weighted by Gasteiger charge is -2.32. The fraction of sp³-hybridized carbons (Fsp3) is 0.381. The van der Waals surface area contributed by atoms with Crippen molar-refractivity contribution in [2.24, 2.45) is 0 Å². The van der Waals surface area contributed by atoms with E-state index in [0.29, 0.717) is 16.9 Å². The molecule has 1 fully saturated rings. The third-order valence-corrected chi connectivity index (χ3v) is 5.38. The Balaban J connectivity index is 1.80. The van der Waals surface area contributed by atoms with Crippen LogP contribution < -0.4 is 15.5 Å². The van der Waals surface area contributed by atoms with Gasteiger partial charge in [0.2, 0.25) is 0 Å². The van der Waals surface area contributed by atoms with E-state index in [1.165, 1.54) is 13.2 Å². The standard InChI is InChI=1S/C21H25BFNO4/c1-20(2)21(3,4)28-22(27-20)16-12-18(26-5)15(11-17(16)23)13-24-19(25)14-9-7-6-8-10-14/h6-12H,13H2,1-5H3,(H,24,25). The Morgan fingerprint density at radius 1 is 1.11 bits per heavy atom. The lowest BCUT2D eigenvalue weighted by atomic mass is 9.78. The average Bonchev–Trinajstić information content (AvgIpc) is 2.87. The van der Waals surface area contributed by atoms with E-state index in [-0.39, 0.29) is 17.9 Å². The Labute approximate surface area is 165 Å². The van der Waals surface area contributed by atoms with Gasteiger partial charge in [-0.15, -0.1) is 0 Å². The van der Waals surface area contributed by atoms with Gasteiger partial charge in [0.15, 0.2) is 0 Å². The molecule has 5 nitrogen and oxygen atoms in total. The van der Waals surface area contributed by atoms with Crippen LogP contribution in [-0.2, 0) is 15.9 Å². The van der Waals surface area contributed by atoms with Gasteiger partial charge in [0, 0.05) is 23.1 Å². The molecule has 28 heavy (non-hydrogen) atoms. The summed E-state index contributed by atoms with van der Waals surface area (Å²) in [6.07, 6.45) is 0. The smallest absolute Gasteiger partial charge is 0.496 e. The number of hydrogen-bond donors (Lipinski definition) is 1. The van der Waals surface area contributed by atoms with Crippen LogP contribution in [0.3, 0.4) is 0 Å². The van der Waals surface area contributed by atoms with Gasteiger partial charge in [-0.25, -0.2) is 4.39 Å². The maximum Gasteiger partial charge on any atom is 0.497 e. The fourth-order valence-corrected chi connectivity index (χ4v) is 2.96. The molecule has 0 atom stereocenters. The van der Waals surface area contributed by atoms with Crippen LogP contribution in [-0.4, -0.2) is 31.3 Å². The molecule has 0 saturated carbocycles. The summed E-state index contributed by atoms with van der Waals surface area (Å²) in [5, 5.41) is 2.78. The molecule has 1 saturated heterocycles. The van der Waals surface area contributed by atoms with Gasteiger partial charge in [0.25, 0.3) is 5.91 Å². The second-order valence-corrected chi connectivity index (χ2v) is 7.82. The van der Waals surface area contributed by atoms with Crippen molar-refractivity contribution in [3.05, 3.63) is 59.4 Å². The van der Waals surface area contributed by atoms with E-state index in [1.54, 1.807) is 30.3 Å². The molecule has 1 amide bonds. The number of hydrogen-bond acceptors (Lipinski definition) is 4. The summed E-state index contributed by atoms with van der Waals surface area (Å²) in [7, 11) is 0.677. The first-order valence-electron chi connectivity index (χ1n) is 9.20. The van der Waals surface area contributed by atoms with Crippen LogP contribution in [0, 0.1) is 5.82 Å². The number of methoxy groups -OCH3 is 1. The summed E-state index contributed by atoms with van der Waals surface area (Å²) < 4.78 is 32.1.